The van der Waals surface area contributed by atoms with Crippen molar-refractivity contribution in [3.63, 3.8) is 0 Å². The van der Waals surface area contributed by atoms with Gasteiger partial charge in [0.1, 0.15) is 21.5 Å². The molecule has 3 nitrogen and oxygen atoms in total. The van der Waals surface area contributed by atoms with Crippen LogP contribution < -0.4 is 0 Å². The molecule has 0 aliphatic carbocycles. The molecule has 0 radical (unpaired) electrons. The van der Waals surface area contributed by atoms with Gasteiger partial charge in [-0.15, -0.1) is 11.3 Å². The van der Waals surface area contributed by atoms with E-state index in [1.165, 1.54) is 4.70 Å². The lowest BCUT2D eigenvalue weighted by molar-refractivity contribution is 0.669. The van der Waals surface area contributed by atoms with Gasteiger partial charge in [0.05, 0.1) is 11.4 Å². The number of para-hydroxylation sites is 1. The first-order valence-corrected chi connectivity index (χ1v) is 13.6. The molecule has 37 heavy (non-hydrogen) atoms. The van der Waals surface area contributed by atoms with E-state index in [2.05, 4.69) is 101 Å². The third-order valence-electron chi connectivity index (χ3n) is 6.99. The lowest BCUT2D eigenvalue weighted by atomic mass is 9.97. The molecule has 0 aliphatic rings. The van der Waals surface area contributed by atoms with Crippen LogP contribution in [0.5, 0.6) is 0 Å². The van der Waals surface area contributed by atoms with E-state index in [1.807, 2.05) is 18.2 Å². The Bertz CT molecular complexity index is 2180. The first kappa shape index (κ1) is 21.1. The fourth-order valence-corrected chi connectivity index (χ4v) is 6.75. The zero-order chi connectivity index (χ0) is 24.5. The molecular weight excluding hydrogens is 540 g/mol. The van der Waals surface area contributed by atoms with Crippen molar-refractivity contribution in [2.45, 2.75) is 0 Å². The summed E-state index contributed by atoms with van der Waals surface area (Å²) >= 11 is 5.41. The van der Waals surface area contributed by atoms with Crippen LogP contribution in [0.15, 0.2) is 112 Å². The van der Waals surface area contributed by atoms with Gasteiger partial charge < -0.3 is 4.42 Å². The standard InChI is InChI=1S/C32H17BrN2OS/c33-25-16-15-23(19-7-1-2-8-20(19)25)30-29(34-31-24-10-4-6-12-28(24)37-32(31)35-30)18-13-14-22-21-9-3-5-11-26(21)36-27(22)17-18/h1-17H. The monoisotopic (exact) mass is 556 g/mol. The summed E-state index contributed by atoms with van der Waals surface area (Å²) in [6, 6.07) is 35.6. The van der Waals surface area contributed by atoms with Gasteiger partial charge in [0.2, 0.25) is 0 Å². The van der Waals surface area contributed by atoms with Crippen LogP contribution in [0.25, 0.3) is 75.7 Å². The summed E-state index contributed by atoms with van der Waals surface area (Å²) in [5.74, 6) is 0. The molecule has 0 fully saturated rings. The third kappa shape index (κ3) is 3.18. The van der Waals surface area contributed by atoms with Crippen molar-refractivity contribution in [2.24, 2.45) is 0 Å². The Labute approximate surface area is 224 Å². The molecular formula is C32H17BrN2OS. The lowest BCUT2D eigenvalue weighted by Crippen LogP contribution is -1.95. The number of hydrogen-bond donors (Lipinski definition) is 0. The molecule has 0 aliphatic heterocycles. The fraction of sp³-hybridized carbons (Fsp3) is 0. The number of aromatic nitrogens is 2. The summed E-state index contributed by atoms with van der Waals surface area (Å²) in [5.41, 5.74) is 6.44. The van der Waals surface area contributed by atoms with Gasteiger partial charge in [-0.2, -0.15) is 0 Å². The zero-order valence-electron chi connectivity index (χ0n) is 19.4. The van der Waals surface area contributed by atoms with E-state index in [4.69, 9.17) is 14.4 Å². The minimum atomic E-state index is 0.849. The van der Waals surface area contributed by atoms with E-state index in [1.54, 1.807) is 11.3 Å². The molecule has 3 heterocycles. The van der Waals surface area contributed by atoms with Gasteiger partial charge in [0.15, 0.2) is 0 Å². The van der Waals surface area contributed by atoms with E-state index >= 15 is 0 Å². The van der Waals surface area contributed by atoms with Crippen molar-refractivity contribution < 1.29 is 4.42 Å². The Kier molecular flexibility index (Phi) is 4.54. The Morgan fingerprint density at radius 1 is 0.595 bits per heavy atom. The summed E-state index contributed by atoms with van der Waals surface area (Å²) in [4.78, 5) is 11.5. The maximum absolute atomic E-state index is 6.24. The van der Waals surface area contributed by atoms with Crippen LogP contribution in [0.1, 0.15) is 0 Å². The molecule has 0 spiro atoms. The van der Waals surface area contributed by atoms with Gasteiger partial charge in [-0.1, -0.05) is 88.7 Å². The summed E-state index contributed by atoms with van der Waals surface area (Å²) < 4.78 is 8.49. The normalized spacial score (nSPS) is 11.9. The summed E-state index contributed by atoms with van der Waals surface area (Å²) in [6.07, 6.45) is 0. The van der Waals surface area contributed by atoms with Crippen molar-refractivity contribution in [2.75, 3.05) is 0 Å². The Morgan fingerprint density at radius 2 is 1.32 bits per heavy atom. The fourth-order valence-electron chi connectivity index (χ4n) is 5.25. The highest BCUT2D eigenvalue weighted by molar-refractivity contribution is 9.10. The Balaban J connectivity index is 1.48. The molecule has 0 N–H and O–H groups in total. The largest absolute Gasteiger partial charge is 0.456 e. The summed E-state index contributed by atoms with van der Waals surface area (Å²) in [7, 11) is 0. The van der Waals surface area contributed by atoms with Crippen molar-refractivity contribution in [3.8, 4) is 22.5 Å². The highest BCUT2D eigenvalue weighted by Gasteiger charge is 2.20. The minimum absolute atomic E-state index is 0.849. The predicted octanol–water partition coefficient (Wildman–Crippen LogP) is 9.99. The second-order valence-corrected chi connectivity index (χ2v) is 11.0. The number of nitrogens with zero attached hydrogens (tertiary/aromatic N) is 2. The van der Waals surface area contributed by atoms with Crippen LogP contribution in [-0.4, -0.2) is 9.97 Å². The SMILES string of the molecule is Brc1ccc(-c2nc3sc4ccccc4c3nc2-c2ccc3c(c2)oc2ccccc23)c2ccccc12. The molecule has 5 heteroatoms. The molecule has 0 saturated heterocycles. The topological polar surface area (TPSA) is 38.9 Å². The van der Waals surface area contributed by atoms with Crippen molar-refractivity contribution in [3.05, 3.63) is 108 Å². The third-order valence-corrected chi connectivity index (χ3v) is 8.74. The molecule has 8 aromatic rings. The van der Waals surface area contributed by atoms with Gasteiger partial charge in [-0.05, 0) is 41.1 Å². The van der Waals surface area contributed by atoms with Crippen LogP contribution in [0.3, 0.4) is 0 Å². The van der Waals surface area contributed by atoms with Crippen LogP contribution in [0, 0.1) is 0 Å². The maximum atomic E-state index is 6.24. The van der Waals surface area contributed by atoms with E-state index in [0.29, 0.717) is 0 Å². The molecule has 0 bridgehead atoms. The number of fused-ring (bicyclic) bond motifs is 7. The van der Waals surface area contributed by atoms with Gasteiger partial charge in [0.25, 0.3) is 0 Å². The number of hydrogen-bond acceptors (Lipinski definition) is 4. The van der Waals surface area contributed by atoms with E-state index in [0.717, 1.165) is 75.4 Å². The highest BCUT2D eigenvalue weighted by Crippen LogP contribution is 2.41. The van der Waals surface area contributed by atoms with Gasteiger partial charge >= 0.3 is 0 Å². The van der Waals surface area contributed by atoms with Crippen LogP contribution in [0.4, 0.5) is 0 Å². The lowest BCUT2D eigenvalue weighted by Gasteiger charge is -2.12. The van der Waals surface area contributed by atoms with Gasteiger partial charge in [-0.25, -0.2) is 9.97 Å². The maximum Gasteiger partial charge on any atom is 0.143 e. The summed E-state index contributed by atoms with van der Waals surface area (Å²) in [5, 5.41) is 5.64. The number of thiophene rings is 1. The van der Waals surface area contributed by atoms with Crippen LogP contribution in [-0.2, 0) is 0 Å². The van der Waals surface area contributed by atoms with Crippen LogP contribution >= 0.6 is 27.3 Å². The van der Waals surface area contributed by atoms with E-state index in [9.17, 15) is 0 Å². The number of halogens is 1. The van der Waals surface area contributed by atoms with Crippen molar-refractivity contribution in [1.82, 2.24) is 9.97 Å². The molecule has 8 rings (SSSR count). The van der Waals surface area contributed by atoms with Gasteiger partial charge in [-0.3, -0.25) is 0 Å². The van der Waals surface area contributed by atoms with E-state index < -0.39 is 0 Å². The first-order chi connectivity index (χ1) is 18.2. The Hall–Kier alpha value is -4.06. The molecule has 174 valence electrons. The van der Waals surface area contributed by atoms with Crippen LogP contribution in [0.2, 0.25) is 0 Å². The van der Waals surface area contributed by atoms with Gasteiger partial charge in [0, 0.05) is 36.5 Å². The predicted molar refractivity (Wildman–Crippen MR) is 158 cm³/mol. The average Bonchev–Trinajstić information content (AvgIpc) is 3.50. The molecule has 0 saturated carbocycles. The van der Waals surface area contributed by atoms with E-state index in [-0.39, 0.29) is 0 Å². The zero-order valence-corrected chi connectivity index (χ0v) is 21.8. The minimum Gasteiger partial charge on any atom is -0.456 e. The Morgan fingerprint density at radius 3 is 2.22 bits per heavy atom. The first-order valence-electron chi connectivity index (χ1n) is 12.0. The quantitative estimate of drug-likeness (QED) is 0.212. The number of benzene rings is 5. The number of furan rings is 1. The summed E-state index contributed by atoms with van der Waals surface area (Å²) in [6.45, 7) is 0. The molecule has 0 atom stereocenters. The number of rotatable bonds is 2. The van der Waals surface area contributed by atoms with Crippen molar-refractivity contribution >= 4 is 80.4 Å². The molecule has 5 aromatic carbocycles. The second kappa shape index (κ2) is 7.97. The second-order valence-electron chi connectivity index (χ2n) is 9.12. The average molecular weight is 557 g/mol. The molecule has 0 unspecified atom stereocenters. The molecule has 3 aromatic heterocycles. The molecule has 0 amide bonds. The smallest absolute Gasteiger partial charge is 0.143 e. The van der Waals surface area contributed by atoms with Crippen molar-refractivity contribution in [1.29, 1.82) is 0 Å². The highest BCUT2D eigenvalue weighted by atomic mass is 79.9.